The molecule has 29 heavy (non-hydrogen) atoms. The molecule has 0 aliphatic carbocycles. The van der Waals surface area contributed by atoms with E-state index in [9.17, 15) is 26.3 Å². The average Bonchev–Trinajstić information content (AvgIpc) is 3.14. The van der Waals surface area contributed by atoms with E-state index >= 15 is 0 Å². The van der Waals surface area contributed by atoms with Gasteiger partial charge in [0.25, 0.3) is 0 Å². The van der Waals surface area contributed by atoms with Crippen molar-refractivity contribution in [1.29, 1.82) is 5.26 Å². The zero-order chi connectivity index (χ0) is 21.2. The molecule has 0 fully saturated rings. The van der Waals surface area contributed by atoms with Crippen LogP contribution in [0.3, 0.4) is 0 Å². The molecule has 3 aromatic rings. The van der Waals surface area contributed by atoms with Crippen molar-refractivity contribution >= 4 is 0 Å². The van der Waals surface area contributed by atoms with Gasteiger partial charge in [-0.15, -0.1) is 5.10 Å². The lowest BCUT2D eigenvalue weighted by atomic mass is 10.1. The summed E-state index contributed by atoms with van der Waals surface area (Å²) in [5.41, 5.74) is -2.18. The van der Waals surface area contributed by atoms with Crippen LogP contribution in [0.4, 0.5) is 26.3 Å². The predicted molar refractivity (Wildman–Crippen MR) is 87.3 cm³/mol. The van der Waals surface area contributed by atoms with E-state index in [0.29, 0.717) is 6.07 Å². The third-order valence-corrected chi connectivity index (χ3v) is 3.83. The van der Waals surface area contributed by atoms with Gasteiger partial charge in [-0.05, 0) is 35.9 Å². The predicted octanol–water partition coefficient (Wildman–Crippen LogP) is 4.96. The number of aromatic amines is 1. The van der Waals surface area contributed by atoms with Gasteiger partial charge >= 0.3 is 12.4 Å². The highest BCUT2D eigenvalue weighted by Gasteiger charge is 2.32. The monoisotopic (exact) mass is 412 g/mol. The number of aromatic nitrogens is 3. The van der Waals surface area contributed by atoms with Crippen LogP contribution in [0.15, 0.2) is 42.5 Å². The summed E-state index contributed by atoms with van der Waals surface area (Å²) >= 11 is 0. The fourth-order valence-electron chi connectivity index (χ4n) is 2.49. The lowest BCUT2D eigenvalue weighted by molar-refractivity contribution is -0.138. The van der Waals surface area contributed by atoms with Gasteiger partial charge in [0.1, 0.15) is 24.1 Å². The van der Waals surface area contributed by atoms with E-state index in [2.05, 4.69) is 15.4 Å². The van der Waals surface area contributed by atoms with Crippen molar-refractivity contribution in [1.82, 2.24) is 15.4 Å². The lowest BCUT2D eigenvalue weighted by Crippen LogP contribution is -2.07. The van der Waals surface area contributed by atoms with Gasteiger partial charge in [0.05, 0.1) is 11.1 Å². The van der Waals surface area contributed by atoms with Gasteiger partial charge in [0, 0.05) is 5.56 Å². The molecule has 2 aromatic carbocycles. The Morgan fingerprint density at radius 3 is 2.34 bits per heavy atom. The maximum absolute atomic E-state index is 13.2. The first-order valence-electron chi connectivity index (χ1n) is 7.90. The molecule has 0 spiro atoms. The van der Waals surface area contributed by atoms with Crippen molar-refractivity contribution in [2.45, 2.75) is 19.0 Å². The maximum Gasteiger partial charge on any atom is 0.416 e. The van der Waals surface area contributed by atoms with Crippen LogP contribution in [0, 0.1) is 11.3 Å². The second kappa shape index (κ2) is 7.46. The first-order valence-corrected chi connectivity index (χ1v) is 7.90. The third kappa shape index (κ3) is 4.66. The average molecular weight is 412 g/mol. The van der Waals surface area contributed by atoms with Gasteiger partial charge in [-0.3, -0.25) is 0 Å². The first-order chi connectivity index (χ1) is 13.6. The van der Waals surface area contributed by atoms with Crippen molar-refractivity contribution in [3.05, 3.63) is 64.8 Å². The number of nitrogens with one attached hydrogen (secondary N) is 1. The molecular weight excluding hydrogens is 402 g/mol. The summed E-state index contributed by atoms with van der Waals surface area (Å²) in [5.74, 6) is -0.251. The zero-order valence-corrected chi connectivity index (χ0v) is 14.3. The maximum atomic E-state index is 13.2. The molecule has 1 heterocycles. The van der Waals surface area contributed by atoms with E-state index in [1.165, 1.54) is 18.2 Å². The summed E-state index contributed by atoms with van der Waals surface area (Å²) in [7, 11) is 0. The van der Waals surface area contributed by atoms with Crippen LogP contribution in [0.1, 0.15) is 22.4 Å². The fraction of sp³-hybridized carbons (Fsp3) is 0.167. The number of alkyl halides is 6. The number of hydrogen-bond acceptors (Lipinski definition) is 4. The Morgan fingerprint density at radius 1 is 0.966 bits per heavy atom. The van der Waals surface area contributed by atoms with E-state index in [1.54, 1.807) is 6.07 Å². The summed E-state index contributed by atoms with van der Waals surface area (Å²) in [4.78, 5) is 0. The summed E-state index contributed by atoms with van der Waals surface area (Å²) in [6.45, 7) is -0.394. The van der Waals surface area contributed by atoms with E-state index in [0.717, 1.165) is 18.2 Å². The van der Waals surface area contributed by atoms with Crippen molar-refractivity contribution in [3.63, 3.8) is 0 Å². The van der Waals surface area contributed by atoms with Crippen LogP contribution in [0.25, 0.3) is 11.3 Å². The molecule has 0 aliphatic rings. The third-order valence-electron chi connectivity index (χ3n) is 3.83. The molecule has 0 atom stereocenters. The van der Waals surface area contributed by atoms with E-state index in [-0.39, 0.29) is 28.3 Å². The van der Waals surface area contributed by atoms with Crippen molar-refractivity contribution in [2.24, 2.45) is 0 Å². The molecule has 0 unspecified atom stereocenters. The zero-order valence-electron chi connectivity index (χ0n) is 14.3. The molecule has 0 radical (unpaired) electrons. The minimum Gasteiger partial charge on any atom is -0.489 e. The van der Waals surface area contributed by atoms with Gasteiger partial charge in [-0.1, -0.05) is 17.3 Å². The van der Waals surface area contributed by atoms with Gasteiger partial charge < -0.3 is 4.74 Å². The topological polar surface area (TPSA) is 74.6 Å². The van der Waals surface area contributed by atoms with E-state index < -0.39 is 30.1 Å². The Kier molecular flexibility index (Phi) is 5.19. The molecule has 11 heteroatoms. The van der Waals surface area contributed by atoms with Gasteiger partial charge in [-0.2, -0.15) is 31.6 Å². The quantitative estimate of drug-likeness (QED) is 0.615. The molecular formula is C18H10F6N4O. The SMILES string of the molecule is N#Cc1[nH]nnc1-c1cc(OCc2cccc(C(F)(F)F)c2)cc(C(F)(F)F)c1. The second-order valence-electron chi connectivity index (χ2n) is 5.88. The fourth-order valence-corrected chi connectivity index (χ4v) is 2.49. The molecule has 0 aliphatic heterocycles. The van der Waals surface area contributed by atoms with Crippen LogP contribution < -0.4 is 4.74 Å². The summed E-state index contributed by atoms with van der Waals surface area (Å²) in [6.07, 6.45) is -9.28. The van der Waals surface area contributed by atoms with Crippen LogP contribution in [0.2, 0.25) is 0 Å². The summed E-state index contributed by atoms with van der Waals surface area (Å²) in [5, 5.41) is 18.3. The normalized spacial score (nSPS) is 11.9. The molecule has 0 saturated carbocycles. The first kappa shape index (κ1) is 20.2. The molecule has 5 nitrogen and oxygen atoms in total. The van der Waals surface area contributed by atoms with Crippen LogP contribution in [-0.2, 0) is 19.0 Å². The van der Waals surface area contributed by atoms with Crippen molar-refractivity contribution < 1.29 is 31.1 Å². The van der Waals surface area contributed by atoms with E-state index in [1.807, 2.05) is 0 Å². The van der Waals surface area contributed by atoms with Crippen molar-refractivity contribution in [3.8, 4) is 23.1 Å². The lowest BCUT2D eigenvalue weighted by Gasteiger charge is -2.13. The Morgan fingerprint density at radius 2 is 1.69 bits per heavy atom. The van der Waals surface area contributed by atoms with Crippen LogP contribution >= 0.6 is 0 Å². The Labute approximate surface area is 159 Å². The Hall–Kier alpha value is -3.55. The van der Waals surface area contributed by atoms with Crippen LogP contribution in [0.5, 0.6) is 5.75 Å². The number of hydrogen-bond donors (Lipinski definition) is 1. The second-order valence-corrected chi connectivity index (χ2v) is 5.88. The van der Waals surface area contributed by atoms with Crippen molar-refractivity contribution in [2.75, 3.05) is 0 Å². The van der Waals surface area contributed by atoms with Gasteiger partial charge in [0.2, 0.25) is 0 Å². The molecule has 1 aromatic heterocycles. The number of ether oxygens (including phenoxy) is 1. The number of H-pyrrole nitrogens is 1. The molecule has 0 amide bonds. The molecule has 0 saturated heterocycles. The summed E-state index contributed by atoms with van der Waals surface area (Å²) in [6, 6.07) is 8.65. The number of halogens is 6. The largest absolute Gasteiger partial charge is 0.489 e. The highest BCUT2D eigenvalue weighted by molar-refractivity contribution is 5.67. The van der Waals surface area contributed by atoms with Gasteiger partial charge in [0.15, 0.2) is 5.69 Å². The minimum absolute atomic E-state index is 0.0795. The smallest absolute Gasteiger partial charge is 0.416 e. The molecule has 0 bridgehead atoms. The number of nitrogens with zero attached hydrogens (tertiary/aromatic N) is 3. The number of benzene rings is 2. The molecule has 3 rings (SSSR count). The highest BCUT2D eigenvalue weighted by Crippen LogP contribution is 2.36. The Balaban J connectivity index is 1.93. The van der Waals surface area contributed by atoms with E-state index in [4.69, 9.17) is 10.00 Å². The summed E-state index contributed by atoms with van der Waals surface area (Å²) < 4.78 is 83.4. The molecule has 1 N–H and O–H groups in total. The molecule has 150 valence electrons. The Bertz CT molecular complexity index is 1070. The van der Waals surface area contributed by atoms with Gasteiger partial charge in [-0.25, -0.2) is 5.10 Å². The number of rotatable bonds is 4. The van der Waals surface area contributed by atoms with Crippen LogP contribution in [-0.4, -0.2) is 15.4 Å². The standard InChI is InChI=1S/C18H10F6N4O/c19-17(20,21)12-3-1-2-10(4-12)9-29-14-6-11(5-13(7-14)18(22,23)24)16-15(8-25)26-28-27-16/h1-7H,9H2,(H,26,27,28). The number of nitriles is 1. The minimum atomic E-state index is -4.72. The highest BCUT2D eigenvalue weighted by atomic mass is 19.4.